The molecular formula is C10H10N4OS. The molecule has 0 aliphatic carbocycles. The summed E-state index contributed by atoms with van der Waals surface area (Å²) in [4.78, 5) is 15.6. The fourth-order valence-corrected chi connectivity index (χ4v) is 1.56. The Morgan fingerprint density at radius 3 is 2.69 bits per heavy atom. The van der Waals surface area contributed by atoms with Gasteiger partial charge in [0.25, 0.3) is 5.91 Å². The highest BCUT2D eigenvalue weighted by Gasteiger charge is 2.10. The number of aromatic amines is 1. The van der Waals surface area contributed by atoms with Gasteiger partial charge in [0.05, 0.1) is 6.42 Å². The van der Waals surface area contributed by atoms with E-state index in [1.807, 2.05) is 30.3 Å². The minimum atomic E-state index is -0.188. The van der Waals surface area contributed by atoms with E-state index in [0.717, 1.165) is 10.2 Å². The maximum atomic E-state index is 11.8. The van der Waals surface area contributed by atoms with Crippen molar-refractivity contribution in [3.05, 3.63) is 40.7 Å². The molecule has 5 nitrogen and oxygen atoms in total. The lowest BCUT2D eigenvalue weighted by molar-refractivity contribution is 0.0901. The zero-order chi connectivity index (χ0) is 11.5. The van der Waals surface area contributed by atoms with Crippen molar-refractivity contribution in [3.8, 4) is 0 Å². The first-order valence-corrected chi connectivity index (χ1v) is 5.09. The van der Waals surface area contributed by atoms with Crippen LogP contribution in [-0.4, -0.2) is 20.7 Å². The molecule has 0 bridgehead atoms. The summed E-state index contributed by atoms with van der Waals surface area (Å²) in [6.07, 6.45) is 0.257. The van der Waals surface area contributed by atoms with Crippen molar-refractivity contribution in [3.63, 3.8) is 0 Å². The SMILES string of the molecule is Nc1nc(=S)[nH]n1C(=O)Cc1ccccc1. The van der Waals surface area contributed by atoms with Crippen LogP contribution in [0, 0.1) is 4.77 Å². The highest BCUT2D eigenvalue weighted by molar-refractivity contribution is 7.71. The number of carbonyl (C=O) groups excluding carboxylic acids is 1. The largest absolute Gasteiger partial charge is 0.368 e. The van der Waals surface area contributed by atoms with E-state index >= 15 is 0 Å². The highest BCUT2D eigenvalue weighted by atomic mass is 32.1. The predicted molar refractivity (Wildman–Crippen MR) is 62.6 cm³/mol. The number of aromatic nitrogens is 3. The van der Waals surface area contributed by atoms with Crippen molar-refractivity contribution in [2.24, 2.45) is 0 Å². The highest BCUT2D eigenvalue weighted by Crippen LogP contribution is 2.04. The van der Waals surface area contributed by atoms with Gasteiger partial charge < -0.3 is 5.73 Å². The van der Waals surface area contributed by atoms with Crippen LogP contribution in [0.15, 0.2) is 30.3 Å². The van der Waals surface area contributed by atoms with Gasteiger partial charge in [0.1, 0.15) is 0 Å². The van der Waals surface area contributed by atoms with E-state index in [2.05, 4.69) is 10.1 Å². The number of benzene rings is 1. The third-order valence-electron chi connectivity index (χ3n) is 2.10. The molecule has 6 heteroatoms. The Morgan fingerprint density at radius 2 is 2.12 bits per heavy atom. The first-order valence-electron chi connectivity index (χ1n) is 4.68. The third kappa shape index (κ3) is 2.17. The van der Waals surface area contributed by atoms with E-state index in [0.29, 0.717) is 0 Å². The Hall–Kier alpha value is -1.95. The predicted octanol–water partition coefficient (Wildman–Crippen LogP) is 1.41. The number of rotatable bonds is 2. The van der Waals surface area contributed by atoms with Gasteiger partial charge in [-0.2, -0.15) is 9.67 Å². The van der Waals surface area contributed by atoms with Crippen LogP contribution in [0.3, 0.4) is 0 Å². The van der Waals surface area contributed by atoms with Crippen molar-refractivity contribution in [1.29, 1.82) is 0 Å². The van der Waals surface area contributed by atoms with E-state index in [9.17, 15) is 4.79 Å². The van der Waals surface area contributed by atoms with Gasteiger partial charge in [0.2, 0.25) is 10.7 Å². The molecule has 1 aromatic heterocycles. The van der Waals surface area contributed by atoms with Crippen molar-refractivity contribution < 1.29 is 4.79 Å². The van der Waals surface area contributed by atoms with E-state index in [1.165, 1.54) is 0 Å². The molecule has 0 saturated carbocycles. The molecule has 0 amide bonds. The average molecular weight is 234 g/mol. The number of nitrogens with one attached hydrogen (secondary N) is 1. The molecule has 3 N–H and O–H groups in total. The summed E-state index contributed by atoms with van der Waals surface area (Å²) >= 11 is 4.78. The molecule has 0 atom stereocenters. The van der Waals surface area contributed by atoms with Crippen LogP contribution in [0.4, 0.5) is 5.95 Å². The second kappa shape index (κ2) is 4.28. The van der Waals surface area contributed by atoms with Gasteiger partial charge in [-0.15, -0.1) is 0 Å². The molecule has 0 aliphatic heterocycles. The number of hydrogen-bond donors (Lipinski definition) is 2. The lowest BCUT2D eigenvalue weighted by Gasteiger charge is -2.02. The summed E-state index contributed by atoms with van der Waals surface area (Å²) in [5.41, 5.74) is 6.45. The monoisotopic (exact) mass is 234 g/mol. The number of anilines is 1. The van der Waals surface area contributed by atoms with Gasteiger partial charge >= 0.3 is 0 Å². The summed E-state index contributed by atoms with van der Waals surface area (Å²) in [7, 11) is 0. The Balaban J connectivity index is 2.21. The zero-order valence-corrected chi connectivity index (χ0v) is 9.20. The Labute approximate surface area is 96.9 Å². The van der Waals surface area contributed by atoms with Crippen molar-refractivity contribution in [1.82, 2.24) is 14.8 Å². The number of H-pyrrole nitrogens is 1. The number of nitrogens with zero attached hydrogens (tertiary/aromatic N) is 2. The second-order valence-electron chi connectivity index (χ2n) is 3.28. The number of carbonyl (C=O) groups is 1. The van der Waals surface area contributed by atoms with Crippen LogP contribution in [0.5, 0.6) is 0 Å². The molecular weight excluding hydrogens is 224 g/mol. The molecule has 0 fully saturated rings. The molecule has 82 valence electrons. The summed E-state index contributed by atoms with van der Waals surface area (Å²) < 4.78 is 1.37. The van der Waals surface area contributed by atoms with Crippen molar-refractivity contribution in [2.75, 3.05) is 5.73 Å². The standard InChI is InChI=1S/C10H10N4OS/c11-9-12-10(16)13-14(9)8(15)6-7-4-2-1-3-5-7/h1-5H,6H2,(H3,11,12,13,16). The third-order valence-corrected chi connectivity index (χ3v) is 2.28. The van der Waals surface area contributed by atoms with Crippen LogP contribution in [-0.2, 0) is 6.42 Å². The summed E-state index contributed by atoms with van der Waals surface area (Å²) in [5, 5.41) is 2.61. The van der Waals surface area contributed by atoms with E-state index < -0.39 is 0 Å². The molecule has 0 unspecified atom stereocenters. The van der Waals surface area contributed by atoms with E-state index in [4.69, 9.17) is 18.0 Å². The first kappa shape index (κ1) is 10.6. The molecule has 0 saturated heterocycles. The van der Waals surface area contributed by atoms with Crippen LogP contribution in [0.2, 0.25) is 0 Å². The molecule has 0 spiro atoms. The van der Waals surface area contributed by atoms with Crippen LogP contribution in [0.1, 0.15) is 10.4 Å². The second-order valence-corrected chi connectivity index (χ2v) is 3.67. The number of nitrogen functional groups attached to an aromatic ring is 1. The van der Waals surface area contributed by atoms with Gasteiger partial charge in [0, 0.05) is 0 Å². The van der Waals surface area contributed by atoms with Crippen LogP contribution < -0.4 is 5.73 Å². The molecule has 2 rings (SSSR count). The number of hydrogen-bond acceptors (Lipinski definition) is 4. The Bertz CT molecular complexity index is 558. The Morgan fingerprint density at radius 1 is 1.44 bits per heavy atom. The minimum Gasteiger partial charge on any atom is -0.368 e. The van der Waals surface area contributed by atoms with Gasteiger partial charge in [-0.3, -0.25) is 9.89 Å². The fourth-order valence-electron chi connectivity index (χ4n) is 1.37. The van der Waals surface area contributed by atoms with Crippen molar-refractivity contribution in [2.45, 2.75) is 6.42 Å². The van der Waals surface area contributed by atoms with Gasteiger partial charge in [-0.25, -0.2) is 0 Å². The quantitative estimate of drug-likeness (QED) is 0.770. The number of nitrogens with two attached hydrogens (primary N) is 1. The molecule has 0 radical (unpaired) electrons. The topological polar surface area (TPSA) is 76.7 Å². The smallest absolute Gasteiger partial charge is 0.252 e. The maximum Gasteiger partial charge on any atom is 0.252 e. The molecule has 1 heterocycles. The Kier molecular flexibility index (Phi) is 2.82. The van der Waals surface area contributed by atoms with E-state index in [1.54, 1.807) is 0 Å². The van der Waals surface area contributed by atoms with Crippen LogP contribution in [0.25, 0.3) is 0 Å². The van der Waals surface area contributed by atoms with Gasteiger partial charge in [-0.1, -0.05) is 30.3 Å². The molecule has 0 aliphatic rings. The van der Waals surface area contributed by atoms with E-state index in [-0.39, 0.29) is 23.0 Å². The normalized spacial score (nSPS) is 10.2. The van der Waals surface area contributed by atoms with Crippen LogP contribution >= 0.6 is 12.2 Å². The van der Waals surface area contributed by atoms with Gasteiger partial charge in [0.15, 0.2) is 0 Å². The minimum absolute atomic E-state index is 0.0888. The molecule has 2 aromatic rings. The zero-order valence-electron chi connectivity index (χ0n) is 8.38. The summed E-state index contributed by atoms with van der Waals surface area (Å²) in [6.45, 7) is 0. The molecule has 16 heavy (non-hydrogen) atoms. The lowest BCUT2D eigenvalue weighted by Crippen LogP contribution is -2.17. The molecule has 1 aromatic carbocycles. The summed E-state index contributed by atoms with van der Waals surface area (Å²) in [5.74, 6) is -0.0989. The summed E-state index contributed by atoms with van der Waals surface area (Å²) in [6, 6.07) is 9.40. The lowest BCUT2D eigenvalue weighted by atomic mass is 10.1. The maximum absolute atomic E-state index is 11.8. The fraction of sp³-hybridized carbons (Fsp3) is 0.100. The average Bonchev–Trinajstić information content (AvgIpc) is 2.59. The first-order chi connectivity index (χ1) is 7.66. The van der Waals surface area contributed by atoms with Gasteiger partial charge in [-0.05, 0) is 17.8 Å². The van der Waals surface area contributed by atoms with Crippen molar-refractivity contribution >= 4 is 24.1 Å².